The fourth-order valence-corrected chi connectivity index (χ4v) is 4.28. The zero-order valence-corrected chi connectivity index (χ0v) is 17.6. The summed E-state index contributed by atoms with van der Waals surface area (Å²) in [4.78, 5) is 17.5. The average molecular weight is 368 g/mol. The Morgan fingerprint density at radius 1 is 0.926 bits per heavy atom. The number of carbonyl (C=O) groups is 1. The van der Waals surface area contributed by atoms with Crippen molar-refractivity contribution < 1.29 is 9.53 Å². The number of rotatable bonds is 2. The molecule has 1 aliphatic carbocycles. The lowest BCUT2D eigenvalue weighted by Gasteiger charge is -2.45. The highest BCUT2D eigenvalue weighted by Crippen LogP contribution is 2.48. The van der Waals surface area contributed by atoms with Gasteiger partial charge in [0.15, 0.2) is 0 Å². The van der Waals surface area contributed by atoms with Crippen LogP contribution in [-0.2, 0) is 4.79 Å². The number of esters is 1. The van der Waals surface area contributed by atoms with Gasteiger partial charge >= 0.3 is 5.97 Å². The summed E-state index contributed by atoms with van der Waals surface area (Å²) in [7, 11) is 0. The van der Waals surface area contributed by atoms with Crippen molar-refractivity contribution in [3.63, 3.8) is 0 Å². The van der Waals surface area contributed by atoms with Gasteiger partial charge in [0.1, 0.15) is 5.75 Å². The van der Waals surface area contributed by atoms with Crippen molar-refractivity contribution in [1.29, 1.82) is 0 Å². The molecule has 2 aromatic rings. The number of pyridine rings is 1. The molecular formula is C24H33NO2. The summed E-state index contributed by atoms with van der Waals surface area (Å²) in [5, 5.41) is 0.893. The van der Waals surface area contributed by atoms with E-state index >= 15 is 0 Å². The minimum atomic E-state index is -0.0884. The van der Waals surface area contributed by atoms with Gasteiger partial charge in [0.2, 0.25) is 0 Å². The predicted octanol–water partition coefficient (Wildman–Crippen LogP) is 6.26. The van der Waals surface area contributed by atoms with Crippen LogP contribution in [0.3, 0.4) is 0 Å². The average Bonchev–Trinajstić information content (AvgIpc) is 2.60. The number of carbonyl (C=O) groups excluding carboxylic acids is 1. The highest BCUT2D eigenvalue weighted by molar-refractivity contribution is 5.88. The number of benzene rings is 1. The third kappa shape index (κ3) is 4.51. The number of hydrogen-bond acceptors (Lipinski definition) is 3. The molecule has 1 fully saturated rings. The molecule has 0 spiro atoms. The van der Waals surface area contributed by atoms with Crippen molar-refractivity contribution in [3.8, 4) is 5.75 Å². The smallest absolute Gasteiger partial charge is 0.314 e. The van der Waals surface area contributed by atoms with Crippen LogP contribution in [0.5, 0.6) is 5.75 Å². The van der Waals surface area contributed by atoms with Gasteiger partial charge in [-0.25, -0.2) is 0 Å². The zero-order valence-electron chi connectivity index (χ0n) is 17.6. The Labute approximate surface area is 163 Å². The van der Waals surface area contributed by atoms with Crippen LogP contribution in [0.15, 0.2) is 36.5 Å². The van der Waals surface area contributed by atoms with Crippen molar-refractivity contribution in [2.45, 2.75) is 60.8 Å². The first-order chi connectivity index (χ1) is 12.6. The van der Waals surface area contributed by atoms with Crippen molar-refractivity contribution in [1.82, 2.24) is 4.98 Å². The van der Waals surface area contributed by atoms with E-state index in [-0.39, 0.29) is 22.7 Å². The van der Waals surface area contributed by atoms with E-state index in [1.165, 1.54) is 6.42 Å². The Hall–Kier alpha value is -1.90. The van der Waals surface area contributed by atoms with Crippen LogP contribution in [0.4, 0.5) is 0 Å². The summed E-state index contributed by atoms with van der Waals surface area (Å²) in [5.41, 5.74) is 1.25. The molecule has 1 aliphatic rings. The summed E-state index contributed by atoms with van der Waals surface area (Å²) in [6.45, 7) is 13.8. The van der Waals surface area contributed by atoms with Crippen LogP contribution in [0, 0.1) is 28.6 Å². The van der Waals surface area contributed by atoms with Crippen molar-refractivity contribution in [2.75, 3.05) is 0 Å². The molecule has 0 N–H and O–H groups in total. The Bertz CT molecular complexity index is 786. The summed E-state index contributed by atoms with van der Waals surface area (Å²) in [6.07, 6.45) is 4.78. The second-order valence-corrected chi connectivity index (χ2v) is 10.3. The fourth-order valence-electron chi connectivity index (χ4n) is 4.28. The van der Waals surface area contributed by atoms with Crippen LogP contribution in [-0.4, -0.2) is 11.0 Å². The molecule has 0 radical (unpaired) electrons. The fraction of sp³-hybridized carbons (Fsp3) is 0.583. The summed E-state index contributed by atoms with van der Waals surface area (Å²) in [6, 6.07) is 9.55. The van der Waals surface area contributed by atoms with Gasteiger partial charge in [-0.15, -0.1) is 0 Å². The molecule has 0 amide bonds. The van der Waals surface area contributed by atoms with Gasteiger partial charge in [-0.2, -0.15) is 0 Å². The number of fused-ring (bicyclic) bond motifs is 1. The maximum atomic E-state index is 13.1. The quantitative estimate of drug-likeness (QED) is 0.464. The van der Waals surface area contributed by atoms with E-state index in [0.717, 1.165) is 23.7 Å². The largest absolute Gasteiger partial charge is 0.426 e. The second kappa shape index (κ2) is 7.26. The summed E-state index contributed by atoms with van der Waals surface area (Å²) < 4.78 is 5.91. The van der Waals surface area contributed by atoms with Gasteiger partial charge in [-0.1, -0.05) is 47.6 Å². The topological polar surface area (TPSA) is 39.2 Å². The zero-order chi connectivity index (χ0) is 19.8. The minimum absolute atomic E-state index is 0.0425. The van der Waals surface area contributed by atoms with E-state index in [9.17, 15) is 4.79 Å². The van der Waals surface area contributed by atoms with Gasteiger partial charge in [0, 0.05) is 11.6 Å². The van der Waals surface area contributed by atoms with Crippen molar-refractivity contribution in [3.05, 3.63) is 36.5 Å². The van der Waals surface area contributed by atoms with Gasteiger partial charge in [0.25, 0.3) is 0 Å². The molecule has 0 unspecified atom stereocenters. The monoisotopic (exact) mass is 367 g/mol. The van der Waals surface area contributed by atoms with Crippen LogP contribution >= 0.6 is 0 Å². The molecule has 1 saturated carbocycles. The maximum absolute atomic E-state index is 13.1. The molecule has 0 saturated heterocycles. The van der Waals surface area contributed by atoms with E-state index < -0.39 is 0 Å². The number of hydrogen-bond donors (Lipinski definition) is 0. The Morgan fingerprint density at radius 2 is 1.56 bits per heavy atom. The second-order valence-electron chi connectivity index (χ2n) is 10.3. The van der Waals surface area contributed by atoms with E-state index in [0.29, 0.717) is 17.6 Å². The van der Waals surface area contributed by atoms with Crippen molar-refractivity contribution >= 4 is 16.9 Å². The molecule has 3 heteroatoms. The summed E-state index contributed by atoms with van der Waals surface area (Å²) in [5.74, 6) is 1.55. The van der Waals surface area contributed by atoms with Crippen LogP contribution in [0.25, 0.3) is 10.9 Å². The molecule has 0 aliphatic heterocycles. The Balaban J connectivity index is 1.83. The lowest BCUT2D eigenvalue weighted by molar-refractivity contribution is -0.142. The standard InChI is InChI=1S/C24H33NO2/c1-23(2,3)17-13-16(14-18(15-17)24(4,5)6)22(26)27-21-11-7-10-20-19(21)9-8-12-25-20/h7-12,16-18H,13-15H2,1-6H3/t17-,18-/m1/s1. The Kier molecular flexibility index (Phi) is 5.33. The van der Waals surface area contributed by atoms with Gasteiger partial charge in [-0.05, 0) is 66.2 Å². The first-order valence-electron chi connectivity index (χ1n) is 10.1. The number of nitrogens with zero attached hydrogens (tertiary/aromatic N) is 1. The number of ether oxygens (including phenoxy) is 1. The molecule has 3 rings (SSSR count). The van der Waals surface area contributed by atoms with E-state index in [2.05, 4.69) is 46.5 Å². The molecule has 1 aromatic carbocycles. The van der Waals surface area contributed by atoms with Crippen LogP contribution in [0.2, 0.25) is 0 Å². The third-order valence-electron chi connectivity index (χ3n) is 6.31. The molecule has 27 heavy (non-hydrogen) atoms. The van der Waals surface area contributed by atoms with Gasteiger partial charge in [-0.3, -0.25) is 9.78 Å². The van der Waals surface area contributed by atoms with Gasteiger partial charge < -0.3 is 4.74 Å². The lowest BCUT2D eigenvalue weighted by Crippen LogP contribution is -2.39. The molecule has 0 bridgehead atoms. The first-order valence-corrected chi connectivity index (χ1v) is 10.1. The molecule has 1 aromatic heterocycles. The number of aromatic nitrogens is 1. The molecule has 2 atom stereocenters. The predicted molar refractivity (Wildman–Crippen MR) is 111 cm³/mol. The lowest BCUT2D eigenvalue weighted by atomic mass is 9.60. The SMILES string of the molecule is CC(C)(C)[C@@H]1CC(C(=O)Oc2cccc3ncccc23)C[C@@H](C(C)(C)C)C1. The summed E-state index contributed by atoms with van der Waals surface area (Å²) >= 11 is 0. The minimum Gasteiger partial charge on any atom is -0.426 e. The van der Waals surface area contributed by atoms with Crippen LogP contribution in [0.1, 0.15) is 60.8 Å². The van der Waals surface area contributed by atoms with Crippen molar-refractivity contribution in [2.24, 2.45) is 28.6 Å². The molecule has 1 heterocycles. The Morgan fingerprint density at radius 3 is 2.15 bits per heavy atom. The van der Waals surface area contributed by atoms with Gasteiger partial charge in [0.05, 0.1) is 11.4 Å². The highest BCUT2D eigenvalue weighted by atomic mass is 16.5. The third-order valence-corrected chi connectivity index (χ3v) is 6.31. The van der Waals surface area contributed by atoms with E-state index in [4.69, 9.17) is 4.74 Å². The van der Waals surface area contributed by atoms with Crippen LogP contribution < -0.4 is 4.74 Å². The molecule has 146 valence electrons. The van der Waals surface area contributed by atoms with E-state index in [1.54, 1.807) is 6.20 Å². The highest BCUT2D eigenvalue weighted by Gasteiger charge is 2.42. The normalized spacial score (nSPS) is 24.0. The molecule has 3 nitrogen and oxygen atoms in total. The maximum Gasteiger partial charge on any atom is 0.314 e. The molecular weight excluding hydrogens is 334 g/mol. The first kappa shape index (κ1) is 19.9. The van der Waals surface area contributed by atoms with E-state index in [1.807, 2.05) is 30.3 Å².